The molecule has 1 heterocycles. The van der Waals surface area contributed by atoms with Gasteiger partial charge in [0.2, 0.25) is 0 Å². The molecule has 2 unspecified atom stereocenters. The van der Waals surface area contributed by atoms with Crippen LogP contribution in [-0.4, -0.2) is 38.3 Å². The monoisotopic (exact) mass is 278 g/mol. The maximum Gasteiger partial charge on any atom is 0.161 e. The zero-order chi connectivity index (χ0) is 14.5. The van der Waals surface area contributed by atoms with Crippen molar-refractivity contribution in [2.24, 2.45) is 11.7 Å². The largest absolute Gasteiger partial charge is 0.493 e. The minimum Gasteiger partial charge on any atom is -0.493 e. The van der Waals surface area contributed by atoms with Crippen LogP contribution in [0.4, 0.5) is 0 Å². The van der Waals surface area contributed by atoms with Gasteiger partial charge in [-0.3, -0.25) is 4.90 Å². The second kappa shape index (κ2) is 6.95. The molecule has 112 valence electrons. The minimum atomic E-state index is 0.307. The third-order valence-electron chi connectivity index (χ3n) is 3.93. The van der Waals surface area contributed by atoms with Gasteiger partial charge >= 0.3 is 0 Å². The number of hydrogen-bond donors (Lipinski definition) is 1. The van der Waals surface area contributed by atoms with Crippen molar-refractivity contribution in [3.8, 4) is 11.5 Å². The Hall–Kier alpha value is -1.26. The molecule has 4 nitrogen and oxygen atoms in total. The Balaban J connectivity index is 1.94. The normalized spacial score (nSPS) is 20.9. The molecule has 1 aliphatic heterocycles. The van der Waals surface area contributed by atoms with Crippen LogP contribution in [0.1, 0.15) is 25.3 Å². The minimum absolute atomic E-state index is 0.307. The maximum absolute atomic E-state index is 5.89. The summed E-state index contributed by atoms with van der Waals surface area (Å²) in [6, 6.07) is 6.46. The van der Waals surface area contributed by atoms with Crippen LogP contribution in [0.15, 0.2) is 18.2 Å². The molecule has 1 aliphatic rings. The van der Waals surface area contributed by atoms with Gasteiger partial charge in [-0.1, -0.05) is 6.07 Å². The first kappa shape index (κ1) is 15.1. The molecule has 0 saturated carbocycles. The van der Waals surface area contributed by atoms with E-state index in [1.807, 2.05) is 6.07 Å². The summed E-state index contributed by atoms with van der Waals surface area (Å²) in [5.41, 5.74) is 7.16. The van der Waals surface area contributed by atoms with Crippen LogP contribution in [-0.2, 0) is 6.54 Å². The summed E-state index contributed by atoms with van der Waals surface area (Å²) in [4.78, 5) is 2.49. The van der Waals surface area contributed by atoms with Gasteiger partial charge < -0.3 is 15.2 Å². The molecule has 0 bridgehead atoms. The van der Waals surface area contributed by atoms with Crippen molar-refractivity contribution in [1.82, 2.24) is 4.90 Å². The molecule has 1 saturated heterocycles. The average Bonchev–Trinajstić information content (AvgIpc) is 2.85. The van der Waals surface area contributed by atoms with E-state index in [0.29, 0.717) is 6.04 Å². The number of methoxy groups -OCH3 is 2. The topological polar surface area (TPSA) is 47.7 Å². The van der Waals surface area contributed by atoms with E-state index in [1.54, 1.807) is 14.2 Å². The summed E-state index contributed by atoms with van der Waals surface area (Å²) in [6.45, 7) is 5.37. The summed E-state index contributed by atoms with van der Waals surface area (Å²) in [5, 5.41) is 0. The van der Waals surface area contributed by atoms with Crippen molar-refractivity contribution in [3.05, 3.63) is 23.8 Å². The summed E-state index contributed by atoms with van der Waals surface area (Å²) >= 11 is 0. The lowest BCUT2D eigenvalue weighted by Gasteiger charge is -2.18. The molecule has 0 aliphatic carbocycles. The highest BCUT2D eigenvalue weighted by atomic mass is 16.5. The molecule has 2 atom stereocenters. The van der Waals surface area contributed by atoms with Crippen molar-refractivity contribution in [3.63, 3.8) is 0 Å². The van der Waals surface area contributed by atoms with Crippen molar-refractivity contribution < 1.29 is 9.47 Å². The molecule has 2 N–H and O–H groups in total. The second-order valence-corrected chi connectivity index (χ2v) is 5.79. The first-order chi connectivity index (χ1) is 9.62. The fourth-order valence-corrected chi connectivity index (χ4v) is 3.01. The molecule has 1 aromatic rings. The van der Waals surface area contributed by atoms with Gasteiger partial charge in [0, 0.05) is 19.1 Å². The Bertz CT molecular complexity index is 434. The van der Waals surface area contributed by atoms with E-state index >= 15 is 0 Å². The van der Waals surface area contributed by atoms with Gasteiger partial charge in [0.25, 0.3) is 0 Å². The molecule has 0 spiro atoms. The molecule has 0 radical (unpaired) electrons. The third kappa shape index (κ3) is 3.87. The fraction of sp³-hybridized carbons (Fsp3) is 0.625. The quantitative estimate of drug-likeness (QED) is 0.867. The van der Waals surface area contributed by atoms with E-state index in [0.717, 1.165) is 43.5 Å². The Morgan fingerprint density at radius 1 is 1.30 bits per heavy atom. The second-order valence-electron chi connectivity index (χ2n) is 5.79. The van der Waals surface area contributed by atoms with E-state index < -0.39 is 0 Å². The highest BCUT2D eigenvalue weighted by Crippen LogP contribution is 2.29. The zero-order valence-corrected chi connectivity index (χ0v) is 12.8. The molecule has 2 rings (SSSR count). The number of rotatable bonds is 6. The van der Waals surface area contributed by atoms with Gasteiger partial charge in [-0.2, -0.15) is 0 Å². The van der Waals surface area contributed by atoms with E-state index in [-0.39, 0.29) is 0 Å². The predicted molar refractivity (Wildman–Crippen MR) is 81.2 cm³/mol. The Labute approximate surface area is 121 Å². The fourth-order valence-electron chi connectivity index (χ4n) is 3.01. The van der Waals surface area contributed by atoms with E-state index in [9.17, 15) is 0 Å². The van der Waals surface area contributed by atoms with Crippen LogP contribution >= 0.6 is 0 Å². The smallest absolute Gasteiger partial charge is 0.161 e. The average molecular weight is 278 g/mol. The van der Waals surface area contributed by atoms with E-state index in [2.05, 4.69) is 24.0 Å². The third-order valence-corrected chi connectivity index (χ3v) is 3.93. The zero-order valence-electron chi connectivity index (χ0n) is 12.8. The van der Waals surface area contributed by atoms with Gasteiger partial charge in [0.15, 0.2) is 11.5 Å². The van der Waals surface area contributed by atoms with Crippen LogP contribution in [0, 0.1) is 5.92 Å². The van der Waals surface area contributed by atoms with Crippen LogP contribution in [0.5, 0.6) is 11.5 Å². The molecular formula is C16H26N2O2. The first-order valence-electron chi connectivity index (χ1n) is 7.31. The number of hydrogen-bond acceptors (Lipinski definition) is 4. The molecule has 0 aromatic heterocycles. The van der Waals surface area contributed by atoms with E-state index in [1.165, 1.54) is 12.0 Å². The first-order valence-corrected chi connectivity index (χ1v) is 7.31. The summed E-state index contributed by atoms with van der Waals surface area (Å²) in [6.07, 6.45) is 2.39. The van der Waals surface area contributed by atoms with Gasteiger partial charge in [-0.15, -0.1) is 0 Å². The lowest BCUT2D eigenvalue weighted by atomic mass is 10.0. The highest BCUT2D eigenvalue weighted by molar-refractivity contribution is 5.42. The maximum atomic E-state index is 5.89. The Morgan fingerprint density at radius 2 is 2.05 bits per heavy atom. The van der Waals surface area contributed by atoms with Gasteiger partial charge in [0.05, 0.1) is 14.2 Å². The van der Waals surface area contributed by atoms with E-state index in [4.69, 9.17) is 15.2 Å². The number of ether oxygens (including phenoxy) is 2. The lowest BCUT2D eigenvalue weighted by Crippen LogP contribution is -2.23. The van der Waals surface area contributed by atoms with Gasteiger partial charge in [0.1, 0.15) is 0 Å². The number of nitrogens with zero attached hydrogens (tertiary/aromatic N) is 1. The predicted octanol–water partition coefficient (Wildman–Crippen LogP) is 2.26. The molecule has 0 amide bonds. The van der Waals surface area contributed by atoms with Crippen molar-refractivity contribution >= 4 is 0 Å². The number of nitrogens with two attached hydrogens (primary N) is 1. The standard InChI is InChI=1S/C16H26N2O2/c1-12(17)8-14-6-7-18(11-14)10-13-4-5-15(19-2)16(9-13)20-3/h4-5,9,12,14H,6-8,10-11,17H2,1-3H3. The SMILES string of the molecule is COc1ccc(CN2CCC(CC(C)N)C2)cc1OC. The summed E-state index contributed by atoms with van der Waals surface area (Å²) in [5.74, 6) is 2.33. The Kier molecular flexibility index (Phi) is 5.26. The van der Waals surface area contributed by atoms with Crippen molar-refractivity contribution in [2.45, 2.75) is 32.4 Å². The van der Waals surface area contributed by atoms with Gasteiger partial charge in [-0.05, 0) is 49.9 Å². The number of likely N-dealkylation sites (tertiary alicyclic amines) is 1. The molecule has 4 heteroatoms. The summed E-state index contributed by atoms with van der Waals surface area (Å²) in [7, 11) is 3.34. The molecule has 1 aromatic carbocycles. The molecule has 1 fully saturated rings. The molecular weight excluding hydrogens is 252 g/mol. The van der Waals surface area contributed by atoms with Crippen LogP contribution in [0.25, 0.3) is 0 Å². The van der Waals surface area contributed by atoms with Crippen molar-refractivity contribution in [1.29, 1.82) is 0 Å². The lowest BCUT2D eigenvalue weighted by molar-refractivity contribution is 0.308. The summed E-state index contributed by atoms with van der Waals surface area (Å²) < 4.78 is 10.6. The number of benzene rings is 1. The molecule has 20 heavy (non-hydrogen) atoms. The van der Waals surface area contributed by atoms with Crippen LogP contribution in [0.3, 0.4) is 0 Å². The van der Waals surface area contributed by atoms with Crippen molar-refractivity contribution in [2.75, 3.05) is 27.3 Å². The van der Waals surface area contributed by atoms with Crippen LogP contribution < -0.4 is 15.2 Å². The van der Waals surface area contributed by atoms with Crippen LogP contribution in [0.2, 0.25) is 0 Å². The highest BCUT2D eigenvalue weighted by Gasteiger charge is 2.23. The van der Waals surface area contributed by atoms with Gasteiger partial charge in [-0.25, -0.2) is 0 Å². The Morgan fingerprint density at radius 3 is 2.70 bits per heavy atom.